The third-order valence-electron chi connectivity index (χ3n) is 3.54. The molecule has 0 saturated heterocycles. The second-order valence-corrected chi connectivity index (χ2v) is 6.01. The van der Waals surface area contributed by atoms with Crippen molar-refractivity contribution in [1.29, 1.82) is 0 Å². The van der Waals surface area contributed by atoms with E-state index in [1.165, 1.54) is 17.7 Å². The Morgan fingerprint density at radius 2 is 1.95 bits per heavy atom. The Balaban J connectivity index is 2.74. The van der Waals surface area contributed by atoms with Gasteiger partial charge >= 0.3 is 0 Å². The summed E-state index contributed by atoms with van der Waals surface area (Å²) >= 11 is 1.92. The second-order valence-electron chi connectivity index (χ2n) is 5.10. The first-order chi connectivity index (χ1) is 9.20. The van der Waals surface area contributed by atoms with Crippen LogP contribution < -0.4 is 5.32 Å². The van der Waals surface area contributed by atoms with Gasteiger partial charge in [0.15, 0.2) is 0 Å². The van der Waals surface area contributed by atoms with E-state index in [0.717, 1.165) is 13.1 Å². The van der Waals surface area contributed by atoms with Crippen LogP contribution in [0.1, 0.15) is 31.9 Å². The van der Waals surface area contributed by atoms with Gasteiger partial charge in [-0.1, -0.05) is 37.3 Å². The number of hydrogen-bond donors (Lipinski definition) is 1. The van der Waals surface area contributed by atoms with Crippen LogP contribution in [-0.2, 0) is 0 Å². The monoisotopic (exact) mass is 280 g/mol. The van der Waals surface area contributed by atoms with E-state index in [1.807, 2.05) is 11.8 Å². The summed E-state index contributed by atoms with van der Waals surface area (Å²) in [6.45, 7) is 6.64. The van der Waals surface area contributed by atoms with Crippen molar-refractivity contribution in [2.45, 2.75) is 32.4 Å². The number of benzene rings is 1. The second kappa shape index (κ2) is 9.40. The molecule has 0 aromatic heterocycles. The molecule has 19 heavy (non-hydrogen) atoms. The van der Waals surface area contributed by atoms with Crippen LogP contribution in [0.3, 0.4) is 0 Å². The molecule has 0 aliphatic carbocycles. The van der Waals surface area contributed by atoms with Crippen molar-refractivity contribution >= 4 is 11.8 Å². The minimum absolute atomic E-state index is 0.454. The van der Waals surface area contributed by atoms with Crippen LogP contribution in [0.15, 0.2) is 30.3 Å². The molecule has 0 spiro atoms. The quantitative estimate of drug-likeness (QED) is 0.698. The van der Waals surface area contributed by atoms with E-state index < -0.39 is 0 Å². The summed E-state index contributed by atoms with van der Waals surface area (Å²) in [7, 11) is 2.24. The summed E-state index contributed by atoms with van der Waals surface area (Å²) in [4.78, 5) is 2.49. The third-order valence-corrected chi connectivity index (χ3v) is 4.36. The highest BCUT2D eigenvalue weighted by atomic mass is 32.2. The summed E-state index contributed by atoms with van der Waals surface area (Å²) < 4.78 is 0. The Morgan fingerprint density at radius 1 is 1.26 bits per heavy atom. The summed E-state index contributed by atoms with van der Waals surface area (Å²) in [6, 6.07) is 11.9. The Kier molecular flexibility index (Phi) is 8.19. The van der Waals surface area contributed by atoms with Gasteiger partial charge in [0.1, 0.15) is 0 Å². The normalized spacial score (nSPS) is 14.6. The molecule has 0 aliphatic rings. The van der Waals surface area contributed by atoms with Crippen LogP contribution in [0.4, 0.5) is 0 Å². The lowest BCUT2D eigenvalue weighted by Crippen LogP contribution is -2.40. The molecule has 2 atom stereocenters. The van der Waals surface area contributed by atoms with Crippen molar-refractivity contribution in [3.05, 3.63) is 35.9 Å². The maximum absolute atomic E-state index is 3.56. The molecule has 0 fully saturated rings. The average molecular weight is 280 g/mol. The van der Waals surface area contributed by atoms with Crippen LogP contribution in [-0.4, -0.2) is 43.1 Å². The number of likely N-dealkylation sites (N-methyl/N-ethyl adjacent to an activating group) is 1. The van der Waals surface area contributed by atoms with Gasteiger partial charge in [-0.05, 0) is 38.8 Å². The highest BCUT2D eigenvalue weighted by molar-refractivity contribution is 7.98. The number of thioether (sulfide) groups is 1. The maximum Gasteiger partial charge on any atom is 0.0472 e. The standard InChI is InChI=1S/C16H28N2S/c1-5-11-17-12-16(15-9-7-6-8-10-15)18(3)14(2)13-19-4/h6-10,14,16-17H,5,11-13H2,1-4H3. The lowest BCUT2D eigenvalue weighted by Gasteiger charge is -2.33. The van der Waals surface area contributed by atoms with Gasteiger partial charge in [-0.15, -0.1) is 0 Å². The van der Waals surface area contributed by atoms with Crippen LogP contribution in [0.2, 0.25) is 0 Å². The van der Waals surface area contributed by atoms with E-state index in [1.54, 1.807) is 0 Å². The van der Waals surface area contributed by atoms with Gasteiger partial charge in [0.25, 0.3) is 0 Å². The third kappa shape index (κ3) is 5.55. The molecule has 1 N–H and O–H groups in total. The Morgan fingerprint density at radius 3 is 2.53 bits per heavy atom. The van der Waals surface area contributed by atoms with Crippen molar-refractivity contribution in [2.75, 3.05) is 32.1 Å². The summed E-state index contributed by atoms with van der Waals surface area (Å²) in [5.74, 6) is 1.17. The van der Waals surface area contributed by atoms with Crippen LogP contribution in [0, 0.1) is 0 Å². The zero-order valence-electron chi connectivity index (χ0n) is 12.7. The molecule has 0 amide bonds. The van der Waals surface area contributed by atoms with Crippen molar-refractivity contribution in [2.24, 2.45) is 0 Å². The van der Waals surface area contributed by atoms with Gasteiger partial charge in [-0.2, -0.15) is 11.8 Å². The van der Waals surface area contributed by atoms with Gasteiger partial charge in [0.2, 0.25) is 0 Å². The van der Waals surface area contributed by atoms with E-state index in [2.05, 4.69) is 67.7 Å². The molecule has 0 radical (unpaired) electrons. The molecule has 2 unspecified atom stereocenters. The number of rotatable bonds is 9. The van der Waals surface area contributed by atoms with Crippen LogP contribution in [0.5, 0.6) is 0 Å². The van der Waals surface area contributed by atoms with Crippen molar-refractivity contribution in [3.8, 4) is 0 Å². The Labute approximate surface area is 123 Å². The van der Waals surface area contributed by atoms with E-state index in [9.17, 15) is 0 Å². The summed E-state index contributed by atoms with van der Waals surface area (Å²) in [6.07, 6.45) is 3.36. The zero-order chi connectivity index (χ0) is 14.1. The molecule has 1 aromatic carbocycles. The van der Waals surface area contributed by atoms with Gasteiger partial charge in [-0.25, -0.2) is 0 Å². The van der Waals surface area contributed by atoms with Gasteiger partial charge in [-0.3, -0.25) is 4.90 Å². The minimum atomic E-state index is 0.454. The first kappa shape index (κ1) is 16.5. The number of nitrogens with one attached hydrogen (secondary N) is 1. The van der Waals surface area contributed by atoms with Gasteiger partial charge in [0, 0.05) is 24.4 Å². The lowest BCUT2D eigenvalue weighted by atomic mass is 10.0. The molecular formula is C16H28N2S. The van der Waals surface area contributed by atoms with Crippen LogP contribution >= 0.6 is 11.8 Å². The maximum atomic E-state index is 3.56. The zero-order valence-corrected chi connectivity index (χ0v) is 13.5. The summed E-state index contributed by atoms with van der Waals surface area (Å²) in [5.41, 5.74) is 1.40. The number of nitrogens with zero attached hydrogens (tertiary/aromatic N) is 1. The fourth-order valence-electron chi connectivity index (χ4n) is 2.25. The predicted octanol–water partition coefficient (Wildman–Crippen LogP) is 3.41. The number of hydrogen-bond acceptors (Lipinski definition) is 3. The van der Waals surface area contributed by atoms with E-state index in [-0.39, 0.29) is 0 Å². The van der Waals surface area contributed by atoms with E-state index in [0.29, 0.717) is 12.1 Å². The minimum Gasteiger partial charge on any atom is -0.315 e. The van der Waals surface area contributed by atoms with Gasteiger partial charge < -0.3 is 5.32 Å². The SMILES string of the molecule is CCCNCC(c1ccccc1)N(C)C(C)CSC. The van der Waals surface area contributed by atoms with Gasteiger partial charge in [0.05, 0.1) is 0 Å². The fourth-order valence-corrected chi connectivity index (χ4v) is 2.97. The van der Waals surface area contributed by atoms with E-state index >= 15 is 0 Å². The van der Waals surface area contributed by atoms with Crippen molar-refractivity contribution in [1.82, 2.24) is 10.2 Å². The highest BCUT2D eigenvalue weighted by Gasteiger charge is 2.20. The van der Waals surface area contributed by atoms with E-state index in [4.69, 9.17) is 0 Å². The lowest BCUT2D eigenvalue weighted by molar-refractivity contribution is 0.195. The fraction of sp³-hybridized carbons (Fsp3) is 0.625. The Hall–Kier alpha value is -0.510. The molecular weight excluding hydrogens is 252 g/mol. The molecule has 0 bridgehead atoms. The topological polar surface area (TPSA) is 15.3 Å². The van der Waals surface area contributed by atoms with Crippen molar-refractivity contribution in [3.63, 3.8) is 0 Å². The van der Waals surface area contributed by atoms with Crippen LogP contribution in [0.25, 0.3) is 0 Å². The Bertz CT molecular complexity index is 329. The van der Waals surface area contributed by atoms with Crippen molar-refractivity contribution < 1.29 is 0 Å². The molecule has 3 heteroatoms. The highest BCUT2D eigenvalue weighted by Crippen LogP contribution is 2.21. The molecule has 1 aromatic rings. The largest absolute Gasteiger partial charge is 0.315 e. The molecule has 0 heterocycles. The molecule has 2 nitrogen and oxygen atoms in total. The average Bonchev–Trinajstić information content (AvgIpc) is 2.44. The predicted molar refractivity (Wildman–Crippen MR) is 88.0 cm³/mol. The molecule has 1 rings (SSSR count). The summed E-state index contributed by atoms with van der Waals surface area (Å²) in [5, 5.41) is 3.56. The smallest absolute Gasteiger partial charge is 0.0472 e. The first-order valence-electron chi connectivity index (χ1n) is 7.17. The molecule has 0 saturated carbocycles. The molecule has 108 valence electrons. The first-order valence-corrected chi connectivity index (χ1v) is 8.56. The molecule has 0 aliphatic heterocycles.